The number of allylic oxidation sites excluding steroid dienone is 1. The molecule has 1 N–H and O–H groups in total. The number of nitrogens with zero attached hydrogens (tertiary/aromatic N) is 2. The molecule has 5 nitrogen and oxygen atoms in total. The quantitative estimate of drug-likeness (QED) is 0.824. The zero-order chi connectivity index (χ0) is 16.8. The first-order valence-corrected chi connectivity index (χ1v) is 8.53. The molecule has 0 aliphatic heterocycles. The van der Waals surface area contributed by atoms with Crippen LogP contribution in [0.5, 0.6) is 0 Å². The van der Waals surface area contributed by atoms with E-state index in [0.717, 1.165) is 12.0 Å². The van der Waals surface area contributed by atoms with Crippen LogP contribution in [0, 0.1) is 6.92 Å². The summed E-state index contributed by atoms with van der Waals surface area (Å²) < 4.78 is 5.66. The van der Waals surface area contributed by atoms with Gasteiger partial charge in [-0.1, -0.05) is 11.6 Å². The lowest BCUT2D eigenvalue weighted by Gasteiger charge is -2.12. The molecule has 0 aromatic carbocycles. The van der Waals surface area contributed by atoms with Crippen LogP contribution < -0.4 is 5.32 Å². The van der Waals surface area contributed by atoms with Gasteiger partial charge in [0.15, 0.2) is 0 Å². The van der Waals surface area contributed by atoms with Crippen molar-refractivity contribution in [3.8, 4) is 11.5 Å². The second-order valence-corrected chi connectivity index (χ2v) is 6.15. The summed E-state index contributed by atoms with van der Waals surface area (Å²) in [6.45, 7) is 2.53. The first-order chi connectivity index (χ1) is 11.7. The summed E-state index contributed by atoms with van der Waals surface area (Å²) in [5, 5.41) is 2.98. The number of amides is 1. The van der Waals surface area contributed by atoms with Crippen LogP contribution in [0.4, 0.5) is 0 Å². The van der Waals surface area contributed by atoms with E-state index in [0.29, 0.717) is 23.9 Å². The van der Waals surface area contributed by atoms with Gasteiger partial charge in [-0.2, -0.15) is 0 Å². The maximum absolute atomic E-state index is 12.1. The van der Waals surface area contributed by atoms with Gasteiger partial charge in [0.25, 0.3) is 0 Å². The maximum Gasteiger partial charge on any atom is 0.228 e. The fraction of sp³-hybridized carbons (Fsp3) is 0.421. The number of aromatic nitrogens is 2. The summed E-state index contributed by atoms with van der Waals surface area (Å²) in [5.41, 5.74) is 2.97. The summed E-state index contributed by atoms with van der Waals surface area (Å²) in [5.74, 6) is 1.18. The van der Waals surface area contributed by atoms with Gasteiger partial charge in [-0.15, -0.1) is 0 Å². The minimum Gasteiger partial charge on any atom is -0.441 e. The predicted molar refractivity (Wildman–Crippen MR) is 92.4 cm³/mol. The van der Waals surface area contributed by atoms with Crippen LogP contribution in [0.2, 0.25) is 0 Å². The van der Waals surface area contributed by atoms with Crippen LogP contribution in [0.3, 0.4) is 0 Å². The van der Waals surface area contributed by atoms with E-state index in [1.807, 2.05) is 19.1 Å². The lowest BCUT2D eigenvalue weighted by Crippen LogP contribution is -2.26. The van der Waals surface area contributed by atoms with Crippen molar-refractivity contribution in [3.05, 3.63) is 47.6 Å². The standard InChI is InChI=1S/C19H23N3O2/c1-14-17(22-19(24-14)16-8-5-10-20-13-16)12-18(23)21-11-9-15-6-3-2-4-7-15/h5-6,8,10,13H,2-4,7,9,11-12H2,1H3,(H,21,23). The van der Waals surface area contributed by atoms with Crippen LogP contribution in [0.1, 0.15) is 43.6 Å². The number of nitrogens with one attached hydrogen (secondary N) is 1. The van der Waals surface area contributed by atoms with Crippen LogP contribution >= 0.6 is 0 Å². The molecule has 0 unspecified atom stereocenters. The summed E-state index contributed by atoms with van der Waals surface area (Å²) in [4.78, 5) is 20.6. The topological polar surface area (TPSA) is 68.0 Å². The molecular weight excluding hydrogens is 302 g/mol. The highest BCUT2D eigenvalue weighted by molar-refractivity contribution is 5.78. The van der Waals surface area contributed by atoms with Crippen molar-refractivity contribution < 1.29 is 9.21 Å². The average Bonchev–Trinajstić information content (AvgIpc) is 2.97. The lowest BCUT2D eigenvalue weighted by atomic mass is 9.97. The molecule has 24 heavy (non-hydrogen) atoms. The van der Waals surface area contributed by atoms with Gasteiger partial charge in [0.1, 0.15) is 5.76 Å². The molecule has 5 heteroatoms. The van der Waals surface area contributed by atoms with E-state index >= 15 is 0 Å². The Morgan fingerprint density at radius 3 is 3.04 bits per heavy atom. The van der Waals surface area contributed by atoms with Crippen molar-refractivity contribution in [1.82, 2.24) is 15.3 Å². The minimum atomic E-state index is -0.0134. The second-order valence-electron chi connectivity index (χ2n) is 6.15. The molecule has 1 amide bonds. The van der Waals surface area contributed by atoms with Crippen molar-refractivity contribution in [3.63, 3.8) is 0 Å². The first kappa shape index (κ1) is 16.4. The van der Waals surface area contributed by atoms with Gasteiger partial charge in [0.2, 0.25) is 11.8 Å². The molecular formula is C19H23N3O2. The molecule has 0 radical (unpaired) electrons. The molecule has 2 aromatic heterocycles. The number of carbonyl (C=O) groups excluding carboxylic acids is 1. The van der Waals surface area contributed by atoms with Gasteiger partial charge in [0, 0.05) is 18.9 Å². The number of hydrogen-bond donors (Lipinski definition) is 1. The fourth-order valence-corrected chi connectivity index (χ4v) is 2.91. The smallest absolute Gasteiger partial charge is 0.228 e. The monoisotopic (exact) mass is 325 g/mol. The Balaban J connectivity index is 1.53. The normalized spacial score (nSPS) is 14.3. The molecule has 0 bridgehead atoms. The third-order valence-corrected chi connectivity index (χ3v) is 4.28. The minimum absolute atomic E-state index is 0.0134. The maximum atomic E-state index is 12.1. The Labute approximate surface area is 142 Å². The number of pyridine rings is 1. The van der Waals surface area contributed by atoms with Crippen LogP contribution in [0.15, 0.2) is 40.6 Å². The zero-order valence-corrected chi connectivity index (χ0v) is 14.0. The number of hydrogen-bond acceptors (Lipinski definition) is 4. The molecule has 2 aromatic rings. The van der Waals surface area contributed by atoms with Gasteiger partial charge in [-0.3, -0.25) is 9.78 Å². The van der Waals surface area contributed by atoms with Crippen LogP contribution in [-0.2, 0) is 11.2 Å². The van der Waals surface area contributed by atoms with Crippen molar-refractivity contribution in [1.29, 1.82) is 0 Å². The Kier molecular flexibility index (Phi) is 5.41. The molecule has 0 atom stereocenters. The number of rotatable bonds is 6. The van der Waals surface area contributed by atoms with Gasteiger partial charge in [-0.25, -0.2) is 4.98 Å². The van der Waals surface area contributed by atoms with E-state index in [2.05, 4.69) is 21.4 Å². The summed E-state index contributed by atoms with van der Waals surface area (Å²) >= 11 is 0. The lowest BCUT2D eigenvalue weighted by molar-refractivity contribution is -0.120. The van der Waals surface area contributed by atoms with E-state index in [4.69, 9.17) is 4.42 Å². The second kappa shape index (κ2) is 7.90. The van der Waals surface area contributed by atoms with Gasteiger partial charge < -0.3 is 9.73 Å². The van der Waals surface area contributed by atoms with E-state index < -0.39 is 0 Å². The number of oxazole rings is 1. The van der Waals surface area contributed by atoms with Gasteiger partial charge >= 0.3 is 0 Å². The summed E-state index contributed by atoms with van der Waals surface area (Å²) in [6, 6.07) is 3.72. The van der Waals surface area contributed by atoms with E-state index in [1.54, 1.807) is 12.4 Å². The average molecular weight is 325 g/mol. The van der Waals surface area contributed by atoms with E-state index in [9.17, 15) is 4.79 Å². The van der Waals surface area contributed by atoms with Gasteiger partial charge in [-0.05, 0) is 51.2 Å². The summed E-state index contributed by atoms with van der Waals surface area (Å²) in [7, 11) is 0. The Hall–Kier alpha value is -2.43. The van der Waals surface area contributed by atoms with E-state index in [-0.39, 0.29) is 12.3 Å². The largest absolute Gasteiger partial charge is 0.441 e. The third-order valence-electron chi connectivity index (χ3n) is 4.28. The number of aryl methyl sites for hydroxylation is 1. The van der Waals surface area contributed by atoms with Gasteiger partial charge in [0.05, 0.1) is 17.7 Å². The van der Waals surface area contributed by atoms with Crippen molar-refractivity contribution >= 4 is 5.91 Å². The fourth-order valence-electron chi connectivity index (χ4n) is 2.91. The predicted octanol–water partition coefficient (Wildman–Crippen LogP) is 3.59. The Bertz CT molecular complexity index is 719. The molecule has 0 spiro atoms. The van der Waals surface area contributed by atoms with Crippen molar-refractivity contribution in [2.75, 3.05) is 6.54 Å². The molecule has 1 aliphatic rings. The zero-order valence-electron chi connectivity index (χ0n) is 14.0. The third kappa shape index (κ3) is 4.31. The molecule has 126 valence electrons. The molecule has 2 heterocycles. The van der Waals surface area contributed by atoms with E-state index in [1.165, 1.54) is 31.3 Å². The molecule has 1 aliphatic carbocycles. The number of carbonyl (C=O) groups is 1. The SMILES string of the molecule is Cc1oc(-c2cccnc2)nc1CC(=O)NCCC1=CCCCC1. The molecule has 0 saturated heterocycles. The van der Waals surface area contributed by atoms with Crippen molar-refractivity contribution in [2.45, 2.75) is 45.4 Å². The van der Waals surface area contributed by atoms with Crippen molar-refractivity contribution in [2.24, 2.45) is 0 Å². The highest BCUT2D eigenvalue weighted by atomic mass is 16.4. The highest BCUT2D eigenvalue weighted by Crippen LogP contribution is 2.21. The Morgan fingerprint density at radius 2 is 2.29 bits per heavy atom. The summed E-state index contributed by atoms with van der Waals surface area (Å²) in [6.07, 6.45) is 11.8. The van der Waals surface area contributed by atoms with Crippen LogP contribution in [0.25, 0.3) is 11.5 Å². The highest BCUT2D eigenvalue weighted by Gasteiger charge is 2.14. The molecule has 0 saturated carbocycles. The first-order valence-electron chi connectivity index (χ1n) is 8.53. The molecule has 3 rings (SSSR count). The van der Waals surface area contributed by atoms with Crippen LogP contribution in [-0.4, -0.2) is 22.4 Å². The Morgan fingerprint density at radius 1 is 1.38 bits per heavy atom. The molecule has 0 fully saturated rings.